The van der Waals surface area contributed by atoms with Crippen LogP contribution in [0, 0.1) is 5.92 Å². The molecule has 3 aliphatic rings. The second-order valence-corrected chi connectivity index (χ2v) is 12.8. The fourth-order valence-electron chi connectivity index (χ4n) is 6.56. The van der Waals surface area contributed by atoms with E-state index in [4.69, 9.17) is 0 Å². The van der Waals surface area contributed by atoms with Crippen LogP contribution in [-0.2, 0) is 6.54 Å². The zero-order valence-corrected chi connectivity index (χ0v) is 24.8. The molecule has 0 aromatic heterocycles. The largest absolute Gasteiger partial charge is 0.377 e. The second-order valence-electron chi connectivity index (χ2n) is 12.8. The number of unbranched alkanes of at least 4 members (excludes halogenated alkanes) is 1. The molecule has 3 heteroatoms. The monoisotopic (exact) mass is 504 g/mol. The minimum atomic E-state index is 0.489. The van der Waals surface area contributed by atoms with Gasteiger partial charge in [-0.1, -0.05) is 62.1 Å². The molecular weight excluding hydrogens is 450 g/mol. The van der Waals surface area contributed by atoms with Crippen LogP contribution in [0.5, 0.6) is 0 Å². The van der Waals surface area contributed by atoms with Gasteiger partial charge in [-0.15, -0.1) is 0 Å². The molecule has 1 aliphatic heterocycles. The molecule has 4 rings (SSSR count). The van der Waals surface area contributed by atoms with Crippen LogP contribution in [0.15, 0.2) is 52.8 Å². The second kappa shape index (κ2) is 12.8. The number of likely N-dealkylation sites (N-methyl/N-ethyl adjacent to an activating group) is 1. The van der Waals surface area contributed by atoms with E-state index in [9.17, 15) is 0 Å². The van der Waals surface area contributed by atoms with Crippen molar-refractivity contribution in [1.29, 1.82) is 0 Å². The zero-order chi connectivity index (χ0) is 26.4. The van der Waals surface area contributed by atoms with Gasteiger partial charge in [-0.2, -0.15) is 0 Å². The fourth-order valence-corrected chi connectivity index (χ4v) is 6.56. The first kappa shape index (κ1) is 28.2. The molecule has 0 radical (unpaired) electrons. The molecule has 1 saturated carbocycles. The lowest BCUT2D eigenvalue weighted by Crippen LogP contribution is -2.60. The van der Waals surface area contributed by atoms with Crippen molar-refractivity contribution in [1.82, 2.24) is 10.2 Å². The third-order valence-electron chi connectivity index (χ3n) is 9.42. The topological polar surface area (TPSA) is 15.3 Å². The summed E-state index contributed by atoms with van der Waals surface area (Å²) in [4.78, 5) is 2.66. The van der Waals surface area contributed by atoms with Crippen LogP contribution in [0.2, 0.25) is 0 Å². The lowest BCUT2D eigenvalue weighted by atomic mass is 9.85. The zero-order valence-electron chi connectivity index (χ0n) is 24.8. The number of rotatable bonds is 11. The van der Waals surface area contributed by atoms with Crippen LogP contribution in [0.25, 0.3) is 5.57 Å². The first-order valence-corrected chi connectivity index (χ1v) is 15.3. The minimum Gasteiger partial charge on any atom is -0.377 e. The van der Waals surface area contributed by atoms with Gasteiger partial charge in [-0.05, 0) is 93.6 Å². The van der Waals surface area contributed by atoms with Gasteiger partial charge in [0.15, 0.2) is 0 Å². The summed E-state index contributed by atoms with van der Waals surface area (Å²) in [6.45, 7) is 18.9. The Morgan fingerprint density at radius 2 is 1.73 bits per heavy atom. The number of nitrogens with zero attached hydrogens (tertiary/aromatic N) is 2. The molecule has 1 aromatic rings. The molecule has 1 heterocycles. The highest BCUT2D eigenvalue weighted by Gasteiger charge is 2.31. The molecule has 0 spiro atoms. The molecule has 1 saturated heterocycles. The quantitative estimate of drug-likeness (QED) is 0.311. The number of piperazine rings is 1. The Labute approximate surface area is 228 Å². The standard InChI is InChI=1S/C34H54N3/c1-7-8-10-27(3)33-18-13-26(2)23-34(33)35-28(4)25-37(6)21-19-36(20-22-37)24-30-14-16-32(17-15-30)29(5)31-11-9-12-31/h14-17,23,27-28,35H,7-13,18-22,24-25H2,1-6H3/q+1. The van der Waals surface area contributed by atoms with Crippen molar-refractivity contribution >= 4 is 5.57 Å². The SMILES string of the molecule is CCCCC(C)C1=C(NC(C)C[N+]2(C)CCN(Cc3ccc(C(C)=C4CCC4)cc3)CC2)C=C(C)CC1. The normalized spacial score (nSPS) is 21.8. The minimum absolute atomic E-state index is 0.489. The fraction of sp³-hybridized carbons (Fsp3) is 0.647. The van der Waals surface area contributed by atoms with E-state index in [0.717, 1.165) is 6.54 Å². The summed E-state index contributed by atoms with van der Waals surface area (Å²) in [7, 11) is 2.47. The third-order valence-corrected chi connectivity index (χ3v) is 9.42. The van der Waals surface area contributed by atoms with Gasteiger partial charge < -0.3 is 9.80 Å². The van der Waals surface area contributed by atoms with Gasteiger partial charge in [-0.25, -0.2) is 0 Å². The highest BCUT2D eigenvalue weighted by Crippen LogP contribution is 2.33. The van der Waals surface area contributed by atoms with E-state index >= 15 is 0 Å². The molecule has 2 aliphatic carbocycles. The molecule has 2 unspecified atom stereocenters. The molecule has 1 N–H and O–H groups in total. The Morgan fingerprint density at radius 3 is 2.35 bits per heavy atom. The Kier molecular flexibility index (Phi) is 9.75. The summed E-state index contributed by atoms with van der Waals surface area (Å²) >= 11 is 0. The molecule has 0 bridgehead atoms. The van der Waals surface area contributed by atoms with E-state index < -0.39 is 0 Å². The summed E-state index contributed by atoms with van der Waals surface area (Å²) in [5.74, 6) is 0.695. The maximum Gasteiger partial charge on any atom is 0.0987 e. The van der Waals surface area contributed by atoms with Gasteiger partial charge in [0, 0.05) is 25.3 Å². The average Bonchev–Trinajstić information content (AvgIpc) is 2.83. The van der Waals surface area contributed by atoms with Gasteiger partial charge >= 0.3 is 0 Å². The van der Waals surface area contributed by atoms with Crippen LogP contribution in [-0.4, -0.2) is 55.2 Å². The van der Waals surface area contributed by atoms with E-state index in [1.54, 1.807) is 11.1 Å². The van der Waals surface area contributed by atoms with Crippen LogP contribution >= 0.6 is 0 Å². The van der Waals surface area contributed by atoms with Crippen LogP contribution in [0.3, 0.4) is 0 Å². The summed E-state index contributed by atoms with van der Waals surface area (Å²) in [5.41, 5.74) is 10.7. The summed E-state index contributed by atoms with van der Waals surface area (Å²) in [6.07, 6.45) is 12.9. The number of benzene rings is 1. The van der Waals surface area contributed by atoms with E-state index in [2.05, 4.69) is 82.2 Å². The highest BCUT2D eigenvalue weighted by molar-refractivity contribution is 5.68. The smallest absolute Gasteiger partial charge is 0.0987 e. The van der Waals surface area contributed by atoms with E-state index in [1.165, 1.54) is 117 Å². The maximum absolute atomic E-state index is 3.98. The van der Waals surface area contributed by atoms with Crippen molar-refractivity contribution in [2.24, 2.45) is 5.92 Å². The van der Waals surface area contributed by atoms with E-state index in [1.807, 2.05) is 0 Å². The number of hydrogen-bond donors (Lipinski definition) is 1. The van der Waals surface area contributed by atoms with Crippen molar-refractivity contribution in [3.63, 3.8) is 0 Å². The van der Waals surface area contributed by atoms with Crippen LogP contribution < -0.4 is 5.32 Å². The third kappa shape index (κ3) is 7.60. The Morgan fingerprint density at radius 1 is 1.03 bits per heavy atom. The lowest BCUT2D eigenvalue weighted by molar-refractivity contribution is -0.914. The van der Waals surface area contributed by atoms with Gasteiger partial charge in [0.2, 0.25) is 0 Å². The van der Waals surface area contributed by atoms with Crippen LogP contribution in [0.1, 0.15) is 97.1 Å². The van der Waals surface area contributed by atoms with Crippen molar-refractivity contribution in [3.05, 3.63) is 63.9 Å². The molecule has 204 valence electrons. The lowest BCUT2D eigenvalue weighted by Gasteiger charge is -2.43. The molecule has 37 heavy (non-hydrogen) atoms. The van der Waals surface area contributed by atoms with Crippen molar-refractivity contribution in [2.75, 3.05) is 39.8 Å². The van der Waals surface area contributed by atoms with Gasteiger partial charge in [-0.3, -0.25) is 4.90 Å². The maximum atomic E-state index is 3.98. The molecular formula is C34H54N3+. The first-order chi connectivity index (χ1) is 17.8. The summed E-state index contributed by atoms with van der Waals surface area (Å²) < 4.78 is 1.17. The number of hydrogen-bond acceptors (Lipinski definition) is 2. The van der Waals surface area contributed by atoms with Crippen molar-refractivity contribution in [3.8, 4) is 0 Å². The molecule has 0 amide bonds. The molecule has 1 aromatic carbocycles. The van der Waals surface area contributed by atoms with E-state index in [0.29, 0.717) is 12.0 Å². The Balaban J connectivity index is 1.28. The predicted octanol–water partition coefficient (Wildman–Crippen LogP) is 7.70. The average molecular weight is 505 g/mol. The molecule has 2 fully saturated rings. The number of nitrogens with one attached hydrogen (secondary N) is 1. The van der Waals surface area contributed by atoms with Crippen LogP contribution in [0.4, 0.5) is 0 Å². The Hall–Kier alpha value is -1.84. The summed E-state index contributed by atoms with van der Waals surface area (Å²) in [6, 6.07) is 9.91. The van der Waals surface area contributed by atoms with Gasteiger partial charge in [0.05, 0.1) is 32.7 Å². The predicted molar refractivity (Wildman–Crippen MR) is 160 cm³/mol. The van der Waals surface area contributed by atoms with Gasteiger partial charge in [0.25, 0.3) is 0 Å². The number of allylic oxidation sites excluding steroid dienone is 5. The highest BCUT2D eigenvalue weighted by atomic mass is 15.4. The summed E-state index contributed by atoms with van der Waals surface area (Å²) in [5, 5.41) is 3.98. The first-order valence-electron chi connectivity index (χ1n) is 15.3. The van der Waals surface area contributed by atoms with Gasteiger partial charge in [0.1, 0.15) is 0 Å². The van der Waals surface area contributed by atoms with Crippen molar-refractivity contribution < 1.29 is 4.48 Å². The molecule has 3 nitrogen and oxygen atoms in total. The Bertz CT molecular complexity index is 982. The van der Waals surface area contributed by atoms with Crippen molar-refractivity contribution in [2.45, 2.75) is 98.6 Å². The number of quaternary nitrogens is 1. The molecule has 2 atom stereocenters. The van der Waals surface area contributed by atoms with E-state index in [-0.39, 0.29) is 0 Å².